The molecule has 2 aromatic carbocycles. The minimum absolute atomic E-state index is 0.163. The van der Waals surface area contributed by atoms with Crippen LogP contribution in [-0.2, 0) is 16.4 Å². The molecule has 0 unspecified atom stereocenters. The number of thiazole rings is 1. The monoisotopic (exact) mass is 490 g/mol. The van der Waals surface area contributed by atoms with E-state index >= 15 is 0 Å². The molecule has 0 radical (unpaired) electrons. The quantitative estimate of drug-likeness (QED) is 0.397. The average Bonchev–Trinajstić information content (AvgIpc) is 3.34. The van der Waals surface area contributed by atoms with Gasteiger partial charge < -0.3 is 4.42 Å². The van der Waals surface area contributed by atoms with E-state index in [1.165, 1.54) is 40.5 Å². The highest BCUT2D eigenvalue weighted by Crippen LogP contribution is 2.32. The van der Waals surface area contributed by atoms with Crippen molar-refractivity contribution in [1.29, 1.82) is 0 Å². The van der Waals surface area contributed by atoms with Crippen LogP contribution in [-0.4, -0.2) is 25.6 Å². The molecule has 0 spiro atoms. The second kappa shape index (κ2) is 7.74. The molecule has 0 saturated heterocycles. The number of amides is 1. The molecule has 4 rings (SSSR count). The van der Waals surface area contributed by atoms with E-state index in [1.807, 2.05) is 18.2 Å². The van der Waals surface area contributed by atoms with E-state index in [2.05, 4.69) is 20.9 Å². The molecule has 2 heterocycles. The van der Waals surface area contributed by atoms with Crippen LogP contribution in [0, 0.1) is 0 Å². The summed E-state index contributed by atoms with van der Waals surface area (Å²) in [6.07, 6.45) is 2.68. The van der Waals surface area contributed by atoms with Crippen molar-refractivity contribution >= 4 is 58.4 Å². The zero-order valence-electron chi connectivity index (χ0n) is 15.2. The van der Waals surface area contributed by atoms with E-state index in [0.717, 1.165) is 20.9 Å². The van der Waals surface area contributed by atoms with Crippen molar-refractivity contribution in [3.63, 3.8) is 0 Å². The molecule has 29 heavy (non-hydrogen) atoms. The van der Waals surface area contributed by atoms with E-state index in [9.17, 15) is 13.2 Å². The first kappa shape index (κ1) is 19.8. The lowest BCUT2D eigenvalue weighted by molar-refractivity contribution is 0.0983. The second-order valence-corrected chi connectivity index (χ2v) is 10.3. The van der Waals surface area contributed by atoms with Gasteiger partial charge in [-0.2, -0.15) is 0 Å². The molecular weight excluding hydrogens is 476 g/mol. The standard InChI is InChI=1S/C20H15BrN2O4S2/c1-29(25,26)16-7-4-13(5-8-16)19(24)23(12-15-3-2-10-27-15)20-22-17-9-6-14(21)11-18(17)28-20/h2-11H,12H2,1H3. The van der Waals surface area contributed by atoms with E-state index in [0.29, 0.717) is 16.5 Å². The molecule has 0 saturated carbocycles. The van der Waals surface area contributed by atoms with E-state index in [-0.39, 0.29) is 17.3 Å². The van der Waals surface area contributed by atoms with Crippen molar-refractivity contribution in [3.8, 4) is 0 Å². The number of furan rings is 1. The van der Waals surface area contributed by atoms with Gasteiger partial charge in [-0.25, -0.2) is 13.4 Å². The van der Waals surface area contributed by atoms with E-state index < -0.39 is 9.84 Å². The highest BCUT2D eigenvalue weighted by Gasteiger charge is 2.23. The van der Waals surface area contributed by atoms with Crippen LogP contribution in [0.4, 0.5) is 5.13 Å². The fourth-order valence-corrected chi connectivity index (χ4v) is 4.93. The lowest BCUT2D eigenvalue weighted by Crippen LogP contribution is -2.30. The lowest BCUT2D eigenvalue weighted by Gasteiger charge is -2.19. The van der Waals surface area contributed by atoms with Gasteiger partial charge in [-0.05, 0) is 54.6 Å². The molecule has 2 aromatic heterocycles. The summed E-state index contributed by atoms with van der Waals surface area (Å²) < 4.78 is 30.7. The number of halogens is 1. The summed E-state index contributed by atoms with van der Waals surface area (Å²) in [5, 5.41) is 0.534. The molecule has 0 fully saturated rings. The maximum atomic E-state index is 13.3. The first-order valence-electron chi connectivity index (χ1n) is 8.52. The van der Waals surface area contributed by atoms with E-state index in [1.54, 1.807) is 18.4 Å². The van der Waals surface area contributed by atoms with Gasteiger partial charge in [0.05, 0.1) is 27.9 Å². The summed E-state index contributed by atoms with van der Waals surface area (Å²) in [5.41, 5.74) is 1.15. The number of benzene rings is 2. The Morgan fingerprint density at radius 1 is 1.17 bits per heavy atom. The lowest BCUT2D eigenvalue weighted by atomic mass is 10.2. The van der Waals surface area contributed by atoms with Gasteiger partial charge >= 0.3 is 0 Å². The highest BCUT2D eigenvalue weighted by molar-refractivity contribution is 9.10. The van der Waals surface area contributed by atoms with Crippen LogP contribution in [0.2, 0.25) is 0 Å². The Morgan fingerprint density at radius 2 is 1.93 bits per heavy atom. The summed E-state index contributed by atoms with van der Waals surface area (Å²) in [5.74, 6) is 0.325. The van der Waals surface area contributed by atoms with Crippen LogP contribution in [0.3, 0.4) is 0 Å². The van der Waals surface area contributed by atoms with Crippen molar-refractivity contribution in [1.82, 2.24) is 4.98 Å². The molecule has 0 aliphatic carbocycles. The van der Waals surface area contributed by atoms with Gasteiger partial charge in [0.25, 0.3) is 5.91 Å². The molecule has 9 heteroatoms. The third-order valence-corrected chi connectivity index (χ3v) is 6.90. The molecule has 6 nitrogen and oxygen atoms in total. The fourth-order valence-electron chi connectivity index (χ4n) is 2.79. The van der Waals surface area contributed by atoms with Crippen molar-refractivity contribution in [2.45, 2.75) is 11.4 Å². The maximum Gasteiger partial charge on any atom is 0.260 e. The number of nitrogens with zero attached hydrogens (tertiary/aromatic N) is 2. The minimum Gasteiger partial charge on any atom is -0.467 e. The first-order valence-corrected chi connectivity index (χ1v) is 12.0. The Hall–Kier alpha value is -2.49. The number of sulfone groups is 1. The summed E-state index contributed by atoms with van der Waals surface area (Å²) >= 11 is 4.85. The van der Waals surface area contributed by atoms with Crippen LogP contribution < -0.4 is 4.90 Å². The topological polar surface area (TPSA) is 80.5 Å². The fraction of sp³-hybridized carbons (Fsp3) is 0.100. The number of fused-ring (bicyclic) bond motifs is 1. The Balaban J connectivity index is 1.74. The molecule has 1 amide bonds. The predicted molar refractivity (Wildman–Crippen MR) is 116 cm³/mol. The largest absolute Gasteiger partial charge is 0.467 e. The Bertz CT molecular complexity index is 1280. The summed E-state index contributed by atoms with van der Waals surface area (Å²) in [6.45, 7) is 0.209. The third-order valence-electron chi connectivity index (χ3n) is 4.24. The summed E-state index contributed by atoms with van der Waals surface area (Å²) in [6, 6.07) is 15.2. The number of carbonyl (C=O) groups is 1. The van der Waals surface area contributed by atoms with Crippen LogP contribution in [0.15, 0.2) is 74.6 Å². The van der Waals surface area contributed by atoms with E-state index in [4.69, 9.17) is 4.42 Å². The normalized spacial score (nSPS) is 11.7. The Labute approximate surface area is 179 Å². The number of rotatable bonds is 5. The van der Waals surface area contributed by atoms with Gasteiger partial charge in [-0.15, -0.1) is 0 Å². The molecule has 0 aliphatic rings. The zero-order valence-corrected chi connectivity index (χ0v) is 18.4. The zero-order chi connectivity index (χ0) is 20.6. The van der Waals surface area contributed by atoms with Crippen molar-refractivity contribution in [2.24, 2.45) is 0 Å². The molecule has 0 aliphatic heterocycles. The SMILES string of the molecule is CS(=O)(=O)c1ccc(C(=O)N(Cc2ccco2)c2nc3ccc(Br)cc3s2)cc1. The molecule has 148 valence electrons. The summed E-state index contributed by atoms with van der Waals surface area (Å²) in [4.78, 5) is 19.6. The molecule has 4 aromatic rings. The van der Waals surface area contributed by atoms with Gasteiger partial charge in [0.2, 0.25) is 0 Å². The van der Waals surface area contributed by atoms with Crippen LogP contribution in [0.25, 0.3) is 10.2 Å². The van der Waals surface area contributed by atoms with Crippen LogP contribution in [0.1, 0.15) is 16.1 Å². The first-order chi connectivity index (χ1) is 13.8. The van der Waals surface area contributed by atoms with Crippen molar-refractivity contribution < 1.29 is 17.6 Å². The smallest absolute Gasteiger partial charge is 0.260 e. The number of hydrogen-bond donors (Lipinski definition) is 0. The van der Waals surface area contributed by atoms with Crippen molar-refractivity contribution in [3.05, 3.63) is 76.7 Å². The van der Waals surface area contributed by atoms with Gasteiger partial charge in [0.1, 0.15) is 5.76 Å². The average molecular weight is 491 g/mol. The van der Waals surface area contributed by atoms with Gasteiger partial charge in [-0.1, -0.05) is 27.3 Å². The van der Waals surface area contributed by atoms with Gasteiger partial charge in [0.15, 0.2) is 15.0 Å². The van der Waals surface area contributed by atoms with Crippen LogP contribution in [0.5, 0.6) is 0 Å². The Kier molecular flexibility index (Phi) is 5.28. The molecular formula is C20H15BrN2O4S2. The molecule has 0 atom stereocenters. The minimum atomic E-state index is -3.33. The molecule has 0 N–H and O–H groups in total. The highest BCUT2D eigenvalue weighted by atomic mass is 79.9. The van der Waals surface area contributed by atoms with Gasteiger partial charge in [-0.3, -0.25) is 9.69 Å². The number of anilines is 1. The van der Waals surface area contributed by atoms with Crippen molar-refractivity contribution in [2.75, 3.05) is 11.2 Å². The van der Waals surface area contributed by atoms with Gasteiger partial charge in [0, 0.05) is 16.3 Å². The molecule has 0 bridgehead atoms. The predicted octanol–water partition coefficient (Wildman–Crippen LogP) is 4.90. The number of carbonyl (C=O) groups excluding carboxylic acids is 1. The number of aromatic nitrogens is 1. The second-order valence-electron chi connectivity index (χ2n) is 6.38. The third kappa shape index (κ3) is 4.26. The summed E-state index contributed by atoms with van der Waals surface area (Å²) in [7, 11) is -3.33. The Morgan fingerprint density at radius 3 is 2.59 bits per heavy atom. The van der Waals surface area contributed by atoms with Crippen LogP contribution >= 0.6 is 27.3 Å². The maximum absolute atomic E-state index is 13.3. The number of hydrogen-bond acceptors (Lipinski definition) is 6.